The van der Waals surface area contributed by atoms with Gasteiger partial charge in [-0.25, -0.2) is 24.9 Å². The number of aryl methyl sites for hydroxylation is 1. The van der Waals surface area contributed by atoms with Crippen LogP contribution in [-0.4, -0.2) is 99.2 Å². The number of aliphatic hydroxyl groups excluding tert-OH is 1. The molecule has 280 valence electrons. The van der Waals surface area contributed by atoms with E-state index in [1.165, 1.54) is 23.5 Å². The van der Waals surface area contributed by atoms with Crippen molar-refractivity contribution in [3.05, 3.63) is 71.1 Å². The van der Waals surface area contributed by atoms with Crippen molar-refractivity contribution in [1.29, 1.82) is 0 Å². The van der Waals surface area contributed by atoms with Gasteiger partial charge in [-0.05, 0) is 30.9 Å². The number of H-pyrrole nitrogens is 1. The number of carbonyl (C=O) groups is 1. The van der Waals surface area contributed by atoms with E-state index in [-0.39, 0.29) is 42.0 Å². The summed E-state index contributed by atoms with van der Waals surface area (Å²) < 4.78 is 45.6. The molecule has 2 fully saturated rings. The third-order valence-corrected chi connectivity index (χ3v) is 11.5. The Morgan fingerprint density at radius 2 is 1.72 bits per heavy atom. The van der Waals surface area contributed by atoms with Crippen LogP contribution in [0.5, 0.6) is 0 Å². The molecule has 1 amide bonds. The average molecular weight is 789 g/mol. The Morgan fingerprint density at radius 3 is 2.43 bits per heavy atom. The van der Waals surface area contributed by atoms with Gasteiger partial charge in [-0.2, -0.15) is 0 Å². The van der Waals surface area contributed by atoms with Crippen LogP contribution in [0.3, 0.4) is 0 Å². The fourth-order valence-electron chi connectivity index (χ4n) is 6.61. The molecule has 0 bridgehead atoms. The number of aromatic amines is 1. The lowest BCUT2D eigenvalue weighted by Crippen LogP contribution is -2.31. The van der Waals surface area contributed by atoms with Crippen LogP contribution in [0.1, 0.15) is 42.5 Å². The maximum absolute atomic E-state index is 12.8. The van der Waals surface area contributed by atoms with E-state index >= 15 is 0 Å². The number of hydrogen-bond acceptors (Lipinski definition) is 15. The highest BCUT2D eigenvalue weighted by atomic mass is 32.5. The summed E-state index contributed by atoms with van der Waals surface area (Å²) in [5.41, 5.74) is 1.06. The molecule has 0 aliphatic carbocycles. The minimum Gasteiger partial charge on any atom is -0.394 e. The van der Waals surface area contributed by atoms with Crippen molar-refractivity contribution in [2.24, 2.45) is 11.8 Å². The molecule has 6 heterocycles. The summed E-state index contributed by atoms with van der Waals surface area (Å²) in [5, 5.41) is 13.1. The van der Waals surface area contributed by atoms with E-state index in [9.17, 15) is 24.2 Å². The van der Waals surface area contributed by atoms with Crippen LogP contribution < -0.4 is 10.9 Å². The first-order valence-corrected chi connectivity index (χ1v) is 20.7. The lowest BCUT2D eigenvalue weighted by Gasteiger charge is -2.28. The van der Waals surface area contributed by atoms with E-state index in [1.807, 2.05) is 13.0 Å². The molecule has 7 rings (SSSR count). The summed E-state index contributed by atoms with van der Waals surface area (Å²) in [6, 6.07) is 8.70. The monoisotopic (exact) mass is 788 g/mol. The lowest BCUT2D eigenvalue weighted by atomic mass is 10.0. The topological polar surface area (TPSA) is 240 Å². The third-order valence-electron chi connectivity index (χ3n) is 9.25. The van der Waals surface area contributed by atoms with Crippen LogP contribution in [0.15, 0.2) is 54.1 Å². The molecule has 10 atom stereocenters. The number of nitrogens with zero attached hydrogens (tertiary/aromatic N) is 7. The second-order valence-corrected chi connectivity index (χ2v) is 17.5. The zero-order valence-corrected chi connectivity index (χ0v) is 31.4. The Hall–Kier alpha value is -3.94. The maximum Gasteiger partial charge on any atom is 0.695 e. The van der Waals surface area contributed by atoms with Crippen molar-refractivity contribution >= 4 is 60.6 Å². The van der Waals surface area contributed by atoms with Crippen molar-refractivity contribution in [3.8, 4) is 0 Å². The molecule has 2 aliphatic heterocycles. The smallest absolute Gasteiger partial charge is 0.394 e. The van der Waals surface area contributed by atoms with Crippen molar-refractivity contribution in [2.45, 2.75) is 57.6 Å². The van der Waals surface area contributed by atoms with Crippen molar-refractivity contribution in [2.75, 3.05) is 25.2 Å². The number of rotatable bonds is 12. The van der Waals surface area contributed by atoms with Gasteiger partial charge in [0.1, 0.15) is 30.6 Å². The van der Waals surface area contributed by atoms with Crippen molar-refractivity contribution < 1.29 is 42.4 Å². The molecule has 53 heavy (non-hydrogen) atoms. The van der Waals surface area contributed by atoms with Gasteiger partial charge < -0.3 is 33.9 Å². The number of imidazole rings is 2. The summed E-state index contributed by atoms with van der Waals surface area (Å²) in [7, 11) is -3.02. The summed E-state index contributed by atoms with van der Waals surface area (Å²) in [6.07, 6.45) is -0.547. The SMILES string of the molecule is Cc1nc2c(ncn2[C@@H]2O[C@H](COP(C)(=S)O[C@@H]3C(C)[C@H](n4cnc5c(NC(=O)c6ccccc6)ncnc54)O[C@@H]3CO)[C@H](C)C2O[P+](=O)O)c(=O)[nH]1. The number of hydrogen-bond donors (Lipinski definition) is 4. The van der Waals surface area contributed by atoms with Crippen LogP contribution in [0.4, 0.5) is 5.82 Å². The molecule has 2 saturated heterocycles. The number of aliphatic hydroxyl groups is 1. The van der Waals surface area contributed by atoms with Crippen LogP contribution >= 0.6 is 14.7 Å². The van der Waals surface area contributed by atoms with Crippen LogP contribution in [0, 0.1) is 18.8 Å². The molecule has 4 aromatic heterocycles. The molecule has 1 aromatic carbocycles. The molecule has 4 unspecified atom stereocenters. The highest BCUT2D eigenvalue weighted by molar-refractivity contribution is 8.09. The Bertz CT molecular complexity index is 2270. The first-order chi connectivity index (χ1) is 25.3. The number of aromatic nitrogens is 8. The number of nitrogens with one attached hydrogen (secondary N) is 2. The van der Waals surface area contributed by atoms with E-state index in [0.717, 1.165) is 0 Å². The molecule has 4 N–H and O–H groups in total. The first-order valence-electron chi connectivity index (χ1n) is 16.5. The molecule has 0 radical (unpaired) electrons. The fourth-order valence-corrected chi connectivity index (χ4v) is 8.84. The van der Waals surface area contributed by atoms with Gasteiger partial charge >= 0.3 is 8.25 Å². The van der Waals surface area contributed by atoms with E-state index in [4.69, 9.17) is 34.9 Å². The second kappa shape index (κ2) is 15.1. The Morgan fingerprint density at radius 1 is 1.02 bits per heavy atom. The maximum atomic E-state index is 12.8. The van der Waals surface area contributed by atoms with Gasteiger partial charge in [0.25, 0.3) is 11.5 Å². The molecule has 0 spiro atoms. The first kappa shape index (κ1) is 37.4. The molecule has 2 aliphatic rings. The Balaban J connectivity index is 1.05. The average Bonchev–Trinajstić information content (AvgIpc) is 3.89. The Kier molecular flexibility index (Phi) is 10.6. The van der Waals surface area contributed by atoms with Gasteiger partial charge in [-0.3, -0.25) is 18.7 Å². The molecule has 5 aromatic rings. The number of benzene rings is 1. The van der Waals surface area contributed by atoms with Crippen LogP contribution in [-0.2, 0) is 39.4 Å². The van der Waals surface area contributed by atoms with Crippen molar-refractivity contribution in [3.63, 3.8) is 0 Å². The predicted molar refractivity (Wildman–Crippen MR) is 192 cm³/mol. The minimum atomic E-state index is -3.05. The summed E-state index contributed by atoms with van der Waals surface area (Å²) in [4.78, 5) is 59.2. The van der Waals surface area contributed by atoms with Crippen molar-refractivity contribution in [1.82, 2.24) is 39.0 Å². The standard InChI is InChI=1S/C31H35N9O10P2S/c1-15-20(48-31(24(15)49-51(44)45)40-14-35-22-27(40)36-17(3)37-29(22)43)11-46-52(4,53)50-23-16(2)30(47-19(23)10-41)39-13-34-21-25(32-12-33-26(21)39)38-28(42)18-8-6-5-7-9-18/h5-9,12-16,19-20,23-24,30-31,41H,10-11H2,1-4H3,(H2-,32,33,36,37,38,42,43,44,45)/p+1/t15-,16?,19+,20+,23+,24?,30+,31+,52?/m0/s1. The van der Waals surface area contributed by atoms with E-state index in [0.29, 0.717) is 22.6 Å². The van der Waals surface area contributed by atoms with Gasteiger partial charge in [0.2, 0.25) is 0 Å². The highest BCUT2D eigenvalue weighted by Gasteiger charge is 2.50. The number of ether oxygens (including phenoxy) is 2. The Labute approximate surface area is 307 Å². The van der Waals surface area contributed by atoms with Gasteiger partial charge in [0.05, 0.1) is 32.0 Å². The minimum absolute atomic E-state index is 0.0665. The van der Waals surface area contributed by atoms with E-state index < -0.39 is 63.1 Å². The number of amides is 1. The van der Waals surface area contributed by atoms with E-state index in [1.54, 1.807) is 49.3 Å². The number of anilines is 1. The molecule has 0 saturated carbocycles. The van der Waals surface area contributed by atoms with Crippen LogP contribution in [0.2, 0.25) is 0 Å². The molecule has 19 nitrogen and oxygen atoms in total. The summed E-state index contributed by atoms with van der Waals surface area (Å²) in [6.45, 7) is 3.43. The predicted octanol–water partition coefficient (Wildman–Crippen LogP) is 2.96. The van der Waals surface area contributed by atoms with E-state index in [2.05, 4.69) is 35.2 Å². The van der Waals surface area contributed by atoms with Gasteiger partial charge in [0, 0.05) is 28.6 Å². The summed E-state index contributed by atoms with van der Waals surface area (Å²) in [5.74, 6) is -0.644. The van der Waals surface area contributed by atoms with Gasteiger partial charge in [-0.15, -0.1) is 9.42 Å². The normalized spacial score (nSPS) is 27.3. The molecular formula is C31H36N9O10P2S+. The highest BCUT2D eigenvalue weighted by Crippen LogP contribution is 2.52. The van der Waals surface area contributed by atoms with Crippen LogP contribution in [0.25, 0.3) is 22.3 Å². The lowest BCUT2D eigenvalue weighted by molar-refractivity contribution is -0.0475. The largest absolute Gasteiger partial charge is 0.695 e. The van der Waals surface area contributed by atoms with Gasteiger partial charge in [0.15, 0.2) is 47.0 Å². The fraction of sp³-hybridized carbons (Fsp3) is 0.452. The number of carbonyl (C=O) groups excluding carboxylic acids is 1. The molecular weight excluding hydrogens is 752 g/mol. The van der Waals surface area contributed by atoms with Gasteiger partial charge in [-0.1, -0.05) is 32.0 Å². The zero-order chi connectivity index (χ0) is 37.6. The zero-order valence-electron chi connectivity index (χ0n) is 28.7. The third kappa shape index (κ3) is 7.44. The second-order valence-electron chi connectivity index (χ2n) is 12.8. The quantitative estimate of drug-likeness (QED) is 0.133. The summed E-state index contributed by atoms with van der Waals surface area (Å²) >= 11 is 5.83. The number of fused-ring (bicyclic) bond motifs is 2. The molecule has 22 heteroatoms.